The molecule has 118 valence electrons. The van der Waals surface area contributed by atoms with Crippen LogP contribution in [0.4, 0.5) is 24.8 Å². The number of halogens is 3. The summed E-state index contributed by atoms with van der Waals surface area (Å²) in [6.45, 7) is 0.828. The van der Waals surface area contributed by atoms with Gasteiger partial charge in [0, 0.05) is 25.2 Å². The number of nitrogens with two attached hydrogens (primary N) is 1. The van der Waals surface area contributed by atoms with Gasteiger partial charge in [-0.1, -0.05) is 0 Å². The molecule has 0 radical (unpaired) electrons. The number of anilines is 2. The van der Waals surface area contributed by atoms with Crippen LogP contribution in [0.1, 0.15) is 12.2 Å². The molecule has 2 heterocycles. The van der Waals surface area contributed by atoms with Gasteiger partial charge in [-0.25, -0.2) is 9.97 Å². The molecule has 0 spiro atoms. The van der Waals surface area contributed by atoms with Gasteiger partial charge in [-0.15, -0.1) is 0 Å². The van der Waals surface area contributed by atoms with E-state index in [-0.39, 0.29) is 24.2 Å². The van der Waals surface area contributed by atoms with Crippen LogP contribution in [0, 0.1) is 0 Å². The third kappa shape index (κ3) is 3.73. The molecule has 0 aliphatic carbocycles. The van der Waals surface area contributed by atoms with E-state index in [9.17, 15) is 18.3 Å². The Kier molecular flexibility index (Phi) is 4.24. The van der Waals surface area contributed by atoms with E-state index in [0.29, 0.717) is 13.0 Å². The van der Waals surface area contributed by atoms with Crippen molar-refractivity contribution < 1.29 is 18.3 Å². The third-order valence-electron chi connectivity index (χ3n) is 3.25. The number of aliphatic hydroxyl groups excluding tert-OH is 1. The summed E-state index contributed by atoms with van der Waals surface area (Å²) in [5, 5.41) is 9.79. The van der Waals surface area contributed by atoms with Crippen molar-refractivity contribution in [3.8, 4) is 0 Å². The lowest BCUT2D eigenvalue weighted by Crippen LogP contribution is -2.38. The molecule has 9 heteroatoms. The Bertz CT molecular complexity index is 508. The van der Waals surface area contributed by atoms with Gasteiger partial charge in [0.15, 0.2) is 0 Å². The highest BCUT2D eigenvalue weighted by atomic mass is 19.4. The Morgan fingerprint density at radius 3 is 2.67 bits per heavy atom. The number of nitrogens with zero attached hydrogens (tertiary/aromatic N) is 4. The monoisotopic (exact) mass is 305 g/mol. The molecule has 21 heavy (non-hydrogen) atoms. The van der Waals surface area contributed by atoms with Gasteiger partial charge in [-0.2, -0.15) is 13.2 Å². The van der Waals surface area contributed by atoms with E-state index in [1.165, 1.54) is 6.07 Å². The molecule has 6 nitrogen and oxygen atoms in total. The van der Waals surface area contributed by atoms with Crippen molar-refractivity contribution in [2.24, 2.45) is 0 Å². The Labute approximate surface area is 120 Å². The number of aromatic nitrogens is 2. The van der Waals surface area contributed by atoms with E-state index in [2.05, 4.69) is 9.97 Å². The van der Waals surface area contributed by atoms with E-state index in [1.54, 1.807) is 4.90 Å². The minimum atomic E-state index is -4.65. The number of likely N-dealkylation sites (N-methyl/N-ethyl adjacent to an activating group) is 1. The normalized spacial score (nSPS) is 23.1. The maximum absolute atomic E-state index is 12.8. The van der Waals surface area contributed by atoms with E-state index in [0.717, 1.165) is 0 Å². The zero-order chi connectivity index (χ0) is 15.8. The molecule has 0 aromatic carbocycles. The molecule has 1 aromatic heterocycles. The van der Waals surface area contributed by atoms with Crippen LogP contribution in [0.25, 0.3) is 0 Å². The second-order valence-electron chi connectivity index (χ2n) is 5.43. The number of alkyl halides is 3. The Hall–Kier alpha value is -1.61. The molecular formula is C12H18F3N5O. The Morgan fingerprint density at radius 1 is 1.43 bits per heavy atom. The molecule has 2 atom stereocenters. The summed E-state index contributed by atoms with van der Waals surface area (Å²) in [5.74, 6) is -1.40. The van der Waals surface area contributed by atoms with Crippen LogP contribution in [0.5, 0.6) is 0 Å². The number of aliphatic hydroxyl groups is 1. The summed E-state index contributed by atoms with van der Waals surface area (Å²) < 4.78 is 38.3. The third-order valence-corrected chi connectivity index (χ3v) is 3.25. The van der Waals surface area contributed by atoms with Gasteiger partial charge in [0.1, 0.15) is 11.6 Å². The largest absolute Gasteiger partial charge is 0.451 e. The van der Waals surface area contributed by atoms with E-state index in [4.69, 9.17) is 5.73 Å². The first-order valence-electron chi connectivity index (χ1n) is 6.48. The van der Waals surface area contributed by atoms with Crippen LogP contribution in [0.15, 0.2) is 6.07 Å². The van der Waals surface area contributed by atoms with Crippen LogP contribution in [0.3, 0.4) is 0 Å². The van der Waals surface area contributed by atoms with Crippen LogP contribution >= 0.6 is 0 Å². The predicted molar refractivity (Wildman–Crippen MR) is 71.8 cm³/mol. The molecule has 0 amide bonds. The maximum atomic E-state index is 12.8. The van der Waals surface area contributed by atoms with Crippen LogP contribution in [-0.2, 0) is 6.18 Å². The average molecular weight is 305 g/mol. The lowest BCUT2D eigenvalue weighted by Gasteiger charge is -2.28. The summed E-state index contributed by atoms with van der Waals surface area (Å²) in [6.07, 6.45) is -4.77. The second-order valence-corrected chi connectivity index (χ2v) is 5.43. The summed E-state index contributed by atoms with van der Waals surface area (Å²) in [6, 6.07) is 1.18. The van der Waals surface area contributed by atoms with Gasteiger partial charge in [-0.05, 0) is 20.5 Å². The summed E-state index contributed by atoms with van der Waals surface area (Å²) >= 11 is 0. The maximum Gasteiger partial charge on any atom is 0.451 e. The molecule has 1 fully saturated rings. The Balaban J connectivity index is 2.33. The summed E-state index contributed by atoms with van der Waals surface area (Å²) in [4.78, 5) is 10.3. The molecule has 0 saturated carbocycles. The molecule has 1 aliphatic heterocycles. The number of hydrogen-bond donors (Lipinski definition) is 2. The first-order valence-corrected chi connectivity index (χ1v) is 6.48. The zero-order valence-corrected chi connectivity index (χ0v) is 11.8. The minimum absolute atomic E-state index is 0.0956. The van der Waals surface area contributed by atoms with Gasteiger partial charge < -0.3 is 20.6 Å². The highest BCUT2D eigenvalue weighted by molar-refractivity contribution is 5.49. The van der Waals surface area contributed by atoms with Crippen LogP contribution in [-0.4, -0.2) is 59.3 Å². The predicted octanol–water partition coefficient (Wildman–Crippen LogP) is 0.579. The van der Waals surface area contributed by atoms with Crippen molar-refractivity contribution in [1.29, 1.82) is 0 Å². The first kappa shape index (κ1) is 15.8. The van der Waals surface area contributed by atoms with Gasteiger partial charge >= 0.3 is 6.18 Å². The van der Waals surface area contributed by atoms with Crippen LogP contribution in [0.2, 0.25) is 0 Å². The van der Waals surface area contributed by atoms with Crippen LogP contribution < -0.4 is 10.6 Å². The number of hydrogen-bond acceptors (Lipinski definition) is 6. The van der Waals surface area contributed by atoms with Crippen molar-refractivity contribution in [2.45, 2.75) is 24.7 Å². The van der Waals surface area contributed by atoms with Crippen molar-refractivity contribution in [3.05, 3.63) is 11.9 Å². The molecule has 2 rings (SSSR count). The summed E-state index contributed by atoms with van der Waals surface area (Å²) in [7, 11) is 3.72. The fraction of sp³-hybridized carbons (Fsp3) is 0.667. The summed E-state index contributed by atoms with van der Waals surface area (Å²) in [5.41, 5.74) is 5.45. The second kappa shape index (κ2) is 5.64. The number of nitrogen functional groups attached to an aromatic ring is 1. The molecular weight excluding hydrogens is 287 g/mol. The number of β-amino-alcohol motifs (C(OH)–C–C–N with tert-alkyl or cyclic N) is 1. The Morgan fingerprint density at radius 2 is 2.10 bits per heavy atom. The standard InChI is InChI=1S/C12H18F3N5O/c1-19(2)5-7-3-8(21)6-20(7)10-4-9(16)17-11(18-10)12(13,14)15/h4,7-8,21H,3,5-6H2,1-2H3,(H2,16,17,18). The first-order chi connectivity index (χ1) is 9.66. The zero-order valence-electron chi connectivity index (χ0n) is 11.8. The SMILES string of the molecule is CN(C)CC1CC(O)CN1c1cc(N)nc(C(F)(F)F)n1. The minimum Gasteiger partial charge on any atom is -0.391 e. The van der Waals surface area contributed by atoms with Crippen molar-refractivity contribution in [3.63, 3.8) is 0 Å². The molecule has 1 saturated heterocycles. The number of rotatable bonds is 3. The fourth-order valence-corrected chi connectivity index (χ4v) is 2.49. The lowest BCUT2D eigenvalue weighted by atomic mass is 10.2. The van der Waals surface area contributed by atoms with Crippen molar-refractivity contribution >= 4 is 11.6 Å². The van der Waals surface area contributed by atoms with E-state index < -0.39 is 18.1 Å². The highest BCUT2D eigenvalue weighted by Gasteiger charge is 2.38. The van der Waals surface area contributed by atoms with Gasteiger partial charge in [0.05, 0.1) is 6.10 Å². The smallest absolute Gasteiger partial charge is 0.391 e. The molecule has 3 N–H and O–H groups in total. The van der Waals surface area contributed by atoms with E-state index >= 15 is 0 Å². The molecule has 2 unspecified atom stereocenters. The highest BCUT2D eigenvalue weighted by Crippen LogP contribution is 2.31. The topological polar surface area (TPSA) is 78.5 Å². The average Bonchev–Trinajstić information content (AvgIpc) is 2.67. The van der Waals surface area contributed by atoms with Gasteiger partial charge in [-0.3, -0.25) is 0 Å². The van der Waals surface area contributed by atoms with Crippen molar-refractivity contribution in [2.75, 3.05) is 37.8 Å². The van der Waals surface area contributed by atoms with E-state index in [1.807, 2.05) is 19.0 Å². The molecule has 1 aromatic rings. The van der Waals surface area contributed by atoms with Crippen molar-refractivity contribution in [1.82, 2.24) is 14.9 Å². The molecule has 1 aliphatic rings. The quantitative estimate of drug-likeness (QED) is 0.850. The lowest BCUT2D eigenvalue weighted by molar-refractivity contribution is -0.144. The fourth-order valence-electron chi connectivity index (χ4n) is 2.49. The van der Waals surface area contributed by atoms with Gasteiger partial charge in [0.25, 0.3) is 0 Å². The van der Waals surface area contributed by atoms with Gasteiger partial charge in [0.2, 0.25) is 5.82 Å². The molecule has 0 bridgehead atoms.